The Morgan fingerprint density at radius 1 is 1.20 bits per heavy atom. The highest BCUT2D eigenvalue weighted by Crippen LogP contribution is 2.12. The van der Waals surface area contributed by atoms with Crippen molar-refractivity contribution in [2.24, 2.45) is 0 Å². The molecule has 1 heterocycles. The summed E-state index contributed by atoms with van der Waals surface area (Å²) < 4.78 is 35.4. The molecule has 0 aliphatic carbocycles. The summed E-state index contributed by atoms with van der Waals surface area (Å²) in [5, 5.41) is 2.42. The number of nitrogens with one attached hydrogen (secondary N) is 1. The lowest BCUT2D eigenvalue weighted by molar-refractivity contribution is -0.124. The van der Waals surface area contributed by atoms with E-state index in [2.05, 4.69) is 10.2 Å². The quantitative estimate of drug-likeness (QED) is 0.753. The number of thioether (sulfide) groups is 1. The van der Waals surface area contributed by atoms with Gasteiger partial charge in [0, 0.05) is 25.4 Å². The number of nitrogens with zero attached hydrogens (tertiary/aromatic N) is 1. The second-order valence-corrected chi connectivity index (χ2v) is 4.82. The molecule has 0 aromatic carbocycles. The third-order valence-corrected chi connectivity index (χ3v) is 3.29. The van der Waals surface area contributed by atoms with Gasteiger partial charge in [0.05, 0.1) is 6.54 Å². The number of alkyl halides is 3. The van der Waals surface area contributed by atoms with Gasteiger partial charge in [-0.15, -0.1) is 0 Å². The van der Waals surface area contributed by atoms with Gasteiger partial charge in [0.2, 0.25) is 0 Å². The maximum absolute atomic E-state index is 11.8. The van der Waals surface area contributed by atoms with Crippen LogP contribution < -0.4 is 5.32 Å². The summed E-state index contributed by atoms with van der Waals surface area (Å²) in [6, 6.07) is 0. The molecule has 0 amide bonds. The molecule has 0 radical (unpaired) electrons. The van der Waals surface area contributed by atoms with E-state index in [1.54, 1.807) is 0 Å². The molecule has 6 heteroatoms. The van der Waals surface area contributed by atoms with Crippen molar-refractivity contribution in [2.45, 2.75) is 12.6 Å². The van der Waals surface area contributed by atoms with Crippen molar-refractivity contribution in [3.63, 3.8) is 0 Å². The number of halogens is 3. The van der Waals surface area contributed by atoms with Crippen LogP contribution in [0.15, 0.2) is 0 Å². The predicted molar refractivity (Wildman–Crippen MR) is 57.3 cm³/mol. The Morgan fingerprint density at radius 3 is 2.73 bits per heavy atom. The molecule has 0 spiro atoms. The number of rotatable bonds is 4. The minimum absolute atomic E-state index is 0.421. The highest BCUT2D eigenvalue weighted by molar-refractivity contribution is 7.99. The largest absolute Gasteiger partial charge is 0.401 e. The highest BCUT2D eigenvalue weighted by atomic mass is 32.2. The van der Waals surface area contributed by atoms with E-state index in [1.807, 2.05) is 11.8 Å². The summed E-state index contributed by atoms with van der Waals surface area (Å²) in [5.41, 5.74) is 0. The Labute approximate surface area is 92.6 Å². The van der Waals surface area contributed by atoms with Crippen molar-refractivity contribution in [1.29, 1.82) is 0 Å². The van der Waals surface area contributed by atoms with E-state index < -0.39 is 12.7 Å². The molecule has 1 N–H and O–H groups in total. The normalized spacial score (nSPS) is 20.2. The van der Waals surface area contributed by atoms with Crippen molar-refractivity contribution in [3.8, 4) is 0 Å². The Balaban J connectivity index is 2.03. The van der Waals surface area contributed by atoms with E-state index in [1.165, 1.54) is 5.75 Å². The predicted octanol–water partition coefficient (Wildman–Crippen LogP) is 1.58. The van der Waals surface area contributed by atoms with Crippen LogP contribution in [0, 0.1) is 0 Å². The zero-order chi connectivity index (χ0) is 11.1. The van der Waals surface area contributed by atoms with Crippen molar-refractivity contribution in [2.75, 3.05) is 44.2 Å². The van der Waals surface area contributed by atoms with Gasteiger partial charge in [-0.1, -0.05) is 0 Å². The van der Waals surface area contributed by atoms with Crippen molar-refractivity contribution < 1.29 is 13.2 Å². The Morgan fingerprint density at radius 2 is 2.00 bits per heavy atom. The number of hydrogen-bond acceptors (Lipinski definition) is 3. The summed E-state index contributed by atoms with van der Waals surface area (Å²) >= 11 is 1.92. The molecule has 15 heavy (non-hydrogen) atoms. The Bertz CT molecular complexity index is 167. The van der Waals surface area contributed by atoms with E-state index in [-0.39, 0.29) is 0 Å². The van der Waals surface area contributed by atoms with Gasteiger partial charge in [0.1, 0.15) is 0 Å². The molecule has 1 rings (SSSR count). The molecule has 0 aromatic heterocycles. The molecule has 0 aromatic rings. The molecule has 2 nitrogen and oxygen atoms in total. The van der Waals surface area contributed by atoms with E-state index in [0.717, 1.165) is 31.8 Å². The molecule has 0 atom stereocenters. The lowest BCUT2D eigenvalue weighted by Crippen LogP contribution is -2.37. The first-order valence-electron chi connectivity index (χ1n) is 5.15. The van der Waals surface area contributed by atoms with Crippen LogP contribution in [-0.2, 0) is 0 Å². The summed E-state index contributed by atoms with van der Waals surface area (Å²) in [6.07, 6.45) is -2.95. The van der Waals surface area contributed by atoms with Gasteiger partial charge in [0.25, 0.3) is 0 Å². The van der Waals surface area contributed by atoms with E-state index >= 15 is 0 Å². The summed E-state index contributed by atoms with van der Waals surface area (Å²) in [5.74, 6) is 2.27. The van der Waals surface area contributed by atoms with Crippen LogP contribution in [0.2, 0.25) is 0 Å². The summed E-state index contributed by atoms with van der Waals surface area (Å²) in [4.78, 5) is 2.23. The zero-order valence-corrected chi connectivity index (χ0v) is 9.46. The van der Waals surface area contributed by atoms with Crippen molar-refractivity contribution in [1.82, 2.24) is 10.2 Å². The van der Waals surface area contributed by atoms with Gasteiger partial charge >= 0.3 is 6.18 Å². The molecule has 0 bridgehead atoms. The molecular formula is C9H17F3N2S. The van der Waals surface area contributed by atoms with Crippen LogP contribution in [0.5, 0.6) is 0 Å². The zero-order valence-electron chi connectivity index (χ0n) is 8.65. The molecule has 1 aliphatic heterocycles. The second-order valence-electron chi connectivity index (χ2n) is 3.60. The van der Waals surface area contributed by atoms with Crippen molar-refractivity contribution >= 4 is 11.8 Å². The van der Waals surface area contributed by atoms with E-state index in [9.17, 15) is 13.2 Å². The van der Waals surface area contributed by atoms with Crippen LogP contribution in [0.4, 0.5) is 13.2 Å². The second kappa shape index (κ2) is 6.60. The first-order chi connectivity index (χ1) is 7.08. The fourth-order valence-corrected chi connectivity index (χ4v) is 2.41. The van der Waals surface area contributed by atoms with Gasteiger partial charge in [-0.2, -0.15) is 24.9 Å². The van der Waals surface area contributed by atoms with Crippen LogP contribution >= 0.6 is 11.8 Å². The molecule has 90 valence electrons. The topological polar surface area (TPSA) is 15.3 Å². The van der Waals surface area contributed by atoms with Gasteiger partial charge in [-0.3, -0.25) is 0 Å². The molecule has 1 saturated heterocycles. The van der Waals surface area contributed by atoms with Crippen LogP contribution in [-0.4, -0.2) is 55.3 Å². The molecular weight excluding hydrogens is 225 g/mol. The van der Waals surface area contributed by atoms with Crippen LogP contribution in [0.25, 0.3) is 0 Å². The summed E-state index contributed by atoms with van der Waals surface area (Å²) in [7, 11) is 0. The highest BCUT2D eigenvalue weighted by Gasteiger charge is 2.26. The van der Waals surface area contributed by atoms with Crippen molar-refractivity contribution in [3.05, 3.63) is 0 Å². The lowest BCUT2D eigenvalue weighted by atomic mass is 10.4. The first-order valence-corrected chi connectivity index (χ1v) is 6.31. The lowest BCUT2D eigenvalue weighted by Gasteiger charge is -2.19. The maximum Gasteiger partial charge on any atom is 0.401 e. The smallest absolute Gasteiger partial charge is 0.307 e. The molecule has 0 unspecified atom stereocenters. The maximum atomic E-state index is 11.8. The van der Waals surface area contributed by atoms with Gasteiger partial charge in [0.15, 0.2) is 0 Å². The third kappa shape index (κ3) is 7.03. The number of hydrogen-bond donors (Lipinski definition) is 1. The average molecular weight is 242 g/mol. The minimum Gasteiger partial charge on any atom is -0.307 e. The average Bonchev–Trinajstić information content (AvgIpc) is 2.39. The van der Waals surface area contributed by atoms with Gasteiger partial charge < -0.3 is 10.2 Å². The third-order valence-electron chi connectivity index (χ3n) is 2.25. The fraction of sp³-hybridized carbons (Fsp3) is 1.00. The SMILES string of the molecule is FC(F)(F)CNCCN1CCCSCC1. The standard InChI is InChI=1S/C9H17F3N2S/c10-9(11,12)8-13-2-4-14-3-1-6-15-7-5-14/h13H,1-8H2. The molecule has 1 fully saturated rings. The minimum atomic E-state index is -4.09. The van der Waals surface area contributed by atoms with E-state index in [0.29, 0.717) is 6.54 Å². The van der Waals surface area contributed by atoms with Crippen LogP contribution in [0.1, 0.15) is 6.42 Å². The Hall–Kier alpha value is 0.0600. The first kappa shape index (κ1) is 13.1. The van der Waals surface area contributed by atoms with Crippen LogP contribution in [0.3, 0.4) is 0 Å². The Kier molecular flexibility index (Phi) is 5.78. The van der Waals surface area contributed by atoms with E-state index in [4.69, 9.17) is 0 Å². The molecule has 1 aliphatic rings. The summed E-state index contributed by atoms with van der Waals surface area (Å²) in [6.45, 7) is 2.27. The van der Waals surface area contributed by atoms with Gasteiger partial charge in [-0.05, 0) is 18.7 Å². The molecule has 0 saturated carbocycles. The fourth-order valence-electron chi connectivity index (χ4n) is 1.49. The van der Waals surface area contributed by atoms with Gasteiger partial charge in [-0.25, -0.2) is 0 Å². The monoisotopic (exact) mass is 242 g/mol.